The van der Waals surface area contributed by atoms with Crippen LogP contribution in [0.5, 0.6) is 0 Å². The van der Waals surface area contributed by atoms with E-state index in [-0.39, 0.29) is 0 Å². The van der Waals surface area contributed by atoms with Gasteiger partial charge < -0.3 is 4.79 Å². The fourth-order valence-corrected chi connectivity index (χ4v) is 2.32. The van der Waals surface area contributed by atoms with Gasteiger partial charge in [0.25, 0.3) is 0 Å². The zero-order valence-electron chi connectivity index (χ0n) is 10.4. The highest BCUT2D eigenvalue weighted by Crippen LogP contribution is 2.29. The molecule has 1 rings (SSSR count). The summed E-state index contributed by atoms with van der Waals surface area (Å²) in [5.41, 5.74) is 1.64. The number of allylic oxidation sites excluding steroid dienone is 2. The molecule has 0 N–H and O–H groups in total. The van der Waals surface area contributed by atoms with E-state index in [4.69, 9.17) is 0 Å². The molecule has 0 saturated carbocycles. The van der Waals surface area contributed by atoms with E-state index in [1.807, 2.05) is 0 Å². The minimum Gasteiger partial charge on any atom is -0.300 e. The van der Waals surface area contributed by atoms with E-state index in [1.54, 1.807) is 12.5 Å². The van der Waals surface area contributed by atoms with E-state index < -0.39 is 0 Å². The lowest BCUT2D eigenvalue weighted by Crippen LogP contribution is -2.08. The minimum absolute atomic E-state index is 0.340. The van der Waals surface area contributed by atoms with Crippen LogP contribution in [-0.4, -0.2) is 5.78 Å². The first-order valence-corrected chi connectivity index (χ1v) is 6.25. The molecule has 1 unspecified atom stereocenters. The zero-order valence-corrected chi connectivity index (χ0v) is 10.4. The first-order chi connectivity index (χ1) is 7.08. The van der Waals surface area contributed by atoms with Gasteiger partial charge in [-0.1, -0.05) is 25.5 Å². The van der Waals surface area contributed by atoms with Crippen LogP contribution in [0.2, 0.25) is 0 Å². The molecule has 0 aromatic carbocycles. The van der Waals surface area contributed by atoms with E-state index in [0.29, 0.717) is 5.78 Å². The monoisotopic (exact) mass is 208 g/mol. The first kappa shape index (κ1) is 12.5. The summed E-state index contributed by atoms with van der Waals surface area (Å²) in [7, 11) is 0. The van der Waals surface area contributed by atoms with Gasteiger partial charge in [-0.2, -0.15) is 0 Å². The smallest absolute Gasteiger partial charge is 0.129 e. The number of Topliss-reactive ketones (excluding diaryl/α,β-unsaturated/α-hetero) is 1. The van der Waals surface area contributed by atoms with Crippen LogP contribution in [-0.2, 0) is 4.79 Å². The summed E-state index contributed by atoms with van der Waals surface area (Å²) in [6.45, 7) is 6.26. The van der Waals surface area contributed by atoms with Crippen LogP contribution in [0.3, 0.4) is 0 Å². The molecule has 0 aliphatic heterocycles. The van der Waals surface area contributed by atoms with Crippen molar-refractivity contribution >= 4 is 5.78 Å². The number of ketones is 1. The summed E-state index contributed by atoms with van der Waals surface area (Å²) >= 11 is 0. The average molecular weight is 208 g/mol. The van der Waals surface area contributed by atoms with Crippen molar-refractivity contribution in [3.05, 3.63) is 11.6 Å². The van der Waals surface area contributed by atoms with Gasteiger partial charge in [-0.25, -0.2) is 0 Å². The quantitative estimate of drug-likeness (QED) is 0.621. The summed E-state index contributed by atoms with van der Waals surface area (Å²) in [6.07, 6.45) is 9.33. The van der Waals surface area contributed by atoms with Crippen molar-refractivity contribution in [3.63, 3.8) is 0 Å². The van der Waals surface area contributed by atoms with E-state index >= 15 is 0 Å². The third kappa shape index (κ3) is 5.15. The molecule has 0 radical (unpaired) electrons. The number of carbonyl (C=O) groups excluding carboxylic acids is 1. The zero-order chi connectivity index (χ0) is 11.3. The maximum absolute atomic E-state index is 10.9. The lowest BCUT2D eigenvalue weighted by molar-refractivity contribution is -0.117. The Balaban J connectivity index is 2.27. The fourth-order valence-electron chi connectivity index (χ4n) is 2.32. The number of hydrogen-bond acceptors (Lipinski definition) is 1. The highest BCUT2D eigenvalue weighted by molar-refractivity contribution is 5.75. The lowest BCUT2D eigenvalue weighted by atomic mass is 9.84. The molecule has 0 aromatic rings. The predicted octanol–water partition coefficient (Wildman–Crippen LogP) is 4.13. The van der Waals surface area contributed by atoms with Gasteiger partial charge in [-0.05, 0) is 50.9 Å². The second-order valence-electron chi connectivity index (χ2n) is 5.34. The molecule has 0 bridgehead atoms. The molecule has 15 heavy (non-hydrogen) atoms. The van der Waals surface area contributed by atoms with Crippen molar-refractivity contribution in [3.8, 4) is 0 Å². The maximum atomic E-state index is 10.9. The predicted molar refractivity (Wildman–Crippen MR) is 64.8 cm³/mol. The normalized spacial score (nSPS) is 21.6. The van der Waals surface area contributed by atoms with Gasteiger partial charge in [-0.3, -0.25) is 0 Å². The van der Waals surface area contributed by atoms with Crippen LogP contribution in [0.15, 0.2) is 11.6 Å². The Bertz CT molecular complexity index is 238. The number of carbonyl (C=O) groups is 1. The molecule has 0 saturated heterocycles. The highest BCUT2D eigenvalue weighted by Gasteiger charge is 2.15. The molecule has 1 atom stereocenters. The van der Waals surface area contributed by atoms with Gasteiger partial charge in [0, 0.05) is 6.42 Å². The molecule has 1 aliphatic carbocycles. The van der Waals surface area contributed by atoms with Crippen molar-refractivity contribution in [2.24, 2.45) is 11.8 Å². The van der Waals surface area contributed by atoms with Gasteiger partial charge in [0.2, 0.25) is 0 Å². The molecular weight excluding hydrogens is 184 g/mol. The van der Waals surface area contributed by atoms with E-state index in [2.05, 4.69) is 19.9 Å². The molecule has 0 amide bonds. The Hall–Kier alpha value is -0.590. The molecule has 0 aromatic heterocycles. The maximum Gasteiger partial charge on any atom is 0.129 e. The van der Waals surface area contributed by atoms with Gasteiger partial charge in [0.05, 0.1) is 0 Å². The first-order valence-electron chi connectivity index (χ1n) is 6.25. The Labute approximate surface area is 93.9 Å². The Morgan fingerprint density at radius 2 is 2.27 bits per heavy atom. The van der Waals surface area contributed by atoms with Crippen molar-refractivity contribution in [2.75, 3.05) is 0 Å². The van der Waals surface area contributed by atoms with Crippen molar-refractivity contribution in [2.45, 2.75) is 59.3 Å². The Morgan fingerprint density at radius 1 is 1.53 bits per heavy atom. The fraction of sp³-hybridized carbons (Fsp3) is 0.786. The summed E-state index contributed by atoms with van der Waals surface area (Å²) in [5, 5.41) is 0. The standard InChI is InChI=1S/C14H24O/c1-11(2)10-14-8-6-13(7-9-14)5-4-12(3)15/h8,11,13H,4-7,9-10H2,1-3H3. The van der Waals surface area contributed by atoms with E-state index in [9.17, 15) is 4.79 Å². The minimum atomic E-state index is 0.340. The van der Waals surface area contributed by atoms with E-state index in [0.717, 1.165) is 24.7 Å². The average Bonchev–Trinajstić information content (AvgIpc) is 2.16. The van der Waals surface area contributed by atoms with Crippen LogP contribution in [0.4, 0.5) is 0 Å². The van der Waals surface area contributed by atoms with Crippen LogP contribution in [0.1, 0.15) is 59.3 Å². The summed E-state index contributed by atoms with van der Waals surface area (Å²) in [6, 6.07) is 0. The second-order valence-corrected chi connectivity index (χ2v) is 5.34. The molecule has 1 heteroatoms. The molecule has 1 nitrogen and oxygen atoms in total. The van der Waals surface area contributed by atoms with E-state index in [1.165, 1.54) is 25.7 Å². The van der Waals surface area contributed by atoms with Crippen molar-refractivity contribution < 1.29 is 4.79 Å². The van der Waals surface area contributed by atoms with Crippen LogP contribution >= 0.6 is 0 Å². The molecule has 86 valence electrons. The van der Waals surface area contributed by atoms with Crippen molar-refractivity contribution in [1.82, 2.24) is 0 Å². The second kappa shape index (κ2) is 6.09. The number of hydrogen-bond donors (Lipinski definition) is 0. The van der Waals surface area contributed by atoms with Gasteiger partial charge in [0.15, 0.2) is 0 Å². The Kier molecular flexibility index (Phi) is 5.07. The SMILES string of the molecule is CC(=O)CCC1CC=C(CC(C)C)CC1. The Morgan fingerprint density at radius 3 is 2.73 bits per heavy atom. The van der Waals surface area contributed by atoms with Gasteiger partial charge >= 0.3 is 0 Å². The summed E-state index contributed by atoms with van der Waals surface area (Å²) in [5.74, 6) is 1.89. The number of rotatable bonds is 5. The van der Waals surface area contributed by atoms with Gasteiger partial charge in [-0.15, -0.1) is 0 Å². The van der Waals surface area contributed by atoms with Crippen LogP contribution < -0.4 is 0 Å². The van der Waals surface area contributed by atoms with Gasteiger partial charge in [0.1, 0.15) is 5.78 Å². The molecule has 0 spiro atoms. The summed E-state index contributed by atoms with van der Waals surface area (Å²) < 4.78 is 0. The molecular formula is C14H24O. The molecule has 0 heterocycles. The topological polar surface area (TPSA) is 17.1 Å². The molecule has 0 fully saturated rings. The third-order valence-electron chi connectivity index (χ3n) is 3.19. The van der Waals surface area contributed by atoms with Crippen LogP contribution in [0.25, 0.3) is 0 Å². The van der Waals surface area contributed by atoms with Crippen molar-refractivity contribution in [1.29, 1.82) is 0 Å². The molecule has 1 aliphatic rings. The highest BCUT2D eigenvalue weighted by atomic mass is 16.1. The third-order valence-corrected chi connectivity index (χ3v) is 3.19. The summed E-state index contributed by atoms with van der Waals surface area (Å²) in [4.78, 5) is 10.9. The lowest BCUT2D eigenvalue weighted by Gasteiger charge is -2.22. The van der Waals surface area contributed by atoms with Crippen LogP contribution in [0, 0.1) is 11.8 Å². The largest absolute Gasteiger partial charge is 0.300 e.